The number of halogens is 1. The summed E-state index contributed by atoms with van der Waals surface area (Å²) in [6.45, 7) is 2.35. The van der Waals surface area contributed by atoms with Gasteiger partial charge in [0, 0.05) is 11.3 Å². The summed E-state index contributed by atoms with van der Waals surface area (Å²) in [4.78, 5) is 11.5. The monoisotopic (exact) mass is 327 g/mol. The number of amides is 1. The molecule has 22 heavy (non-hydrogen) atoms. The molecule has 0 aromatic heterocycles. The molecule has 0 radical (unpaired) electrons. The van der Waals surface area contributed by atoms with Gasteiger partial charge in [-0.25, -0.2) is 9.18 Å². The molecular weight excluding hydrogens is 305 g/mol. The van der Waals surface area contributed by atoms with Gasteiger partial charge < -0.3 is 9.84 Å². The molecule has 0 bridgehead atoms. The van der Waals surface area contributed by atoms with Crippen LogP contribution in [0.4, 0.5) is 14.9 Å². The summed E-state index contributed by atoms with van der Waals surface area (Å²) in [6, 6.07) is 4.38. The van der Waals surface area contributed by atoms with E-state index in [2.05, 4.69) is 5.32 Å². The highest BCUT2D eigenvalue weighted by molar-refractivity contribution is 7.99. The van der Waals surface area contributed by atoms with Crippen LogP contribution in [-0.2, 0) is 10.3 Å². The van der Waals surface area contributed by atoms with Crippen LogP contribution in [0, 0.1) is 5.82 Å². The van der Waals surface area contributed by atoms with Crippen molar-refractivity contribution in [2.75, 3.05) is 23.4 Å². The van der Waals surface area contributed by atoms with Crippen LogP contribution in [0.1, 0.15) is 38.2 Å². The third-order valence-corrected chi connectivity index (χ3v) is 4.75. The Bertz CT molecular complexity index is 518. The maximum absolute atomic E-state index is 14.3. The molecule has 0 unspecified atom stereocenters. The Labute approximate surface area is 134 Å². The van der Waals surface area contributed by atoms with Gasteiger partial charge in [0.25, 0.3) is 0 Å². The molecule has 1 aromatic rings. The number of carbonyl (C=O) groups is 1. The number of hydrogen-bond donors (Lipinski definition) is 2. The average Bonchev–Trinajstić information content (AvgIpc) is 2.48. The van der Waals surface area contributed by atoms with E-state index in [0.29, 0.717) is 30.7 Å². The van der Waals surface area contributed by atoms with Crippen LogP contribution >= 0.6 is 11.8 Å². The summed E-state index contributed by atoms with van der Waals surface area (Å²) >= 11 is 1.76. The lowest BCUT2D eigenvalue weighted by molar-refractivity contribution is 0.0246. The highest BCUT2D eigenvalue weighted by Gasteiger charge is 2.33. The minimum atomic E-state index is -1.10. The van der Waals surface area contributed by atoms with E-state index < -0.39 is 17.5 Å². The number of benzene rings is 1. The topological polar surface area (TPSA) is 58.6 Å². The van der Waals surface area contributed by atoms with Crippen molar-refractivity contribution >= 4 is 23.5 Å². The SMILES string of the molecule is CCCCOC(=O)Nc1ccc(C2(O)CCSCC2)c(F)c1. The summed E-state index contributed by atoms with van der Waals surface area (Å²) in [5.41, 5.74) is -0.468. The van der Waals surface area contributed by atoms with Crippen LogP contribution in [-0.4, -0.2) is 29.3 Å². The minimum Gasteiger partial charge on any atom is -0.449 e. The van der Waals surface area contributed by atoms with E-state index in [1.54, 1.807) is 23.9 Å². The van der Waals surface area contributed by atoms with Crippen LogP contribution in [0.2, 0.25) is 0 Å². The van der Waals surface area contributed by atoms with Gasteiger partial charge in [0.2, 0.25) is 0 Å². The molecule has 6 heteroatoms. The molecule has 122 valence electrons. The standard InChI is InChI=1S/C16H22FNO3S/c1-2-3-8-21-15(19)18-12-4-5-13(14(17)11-12)16(20)6-9-22-10-7-16/h4-5,11,20H,2-3,6-10H2,1H3,(H,18,19). The van der Waals surface area contributed by atoms with Crippen molar-refractivity contribution in [2.24, 2.45) is 0 Å². The van der Waals surface area contributed by atoms with Crippen molar-refractivity contribution in [1.29, 1.82) is 0 Å². The molecule has 1 aliphatic rings. The van der Waals surface area contributed by atoms with Crippen LogP contribution in [0.25, 0.3) is 0 Å². The third-order valence-electron chi connectivity index (χ3n) is 3.77. The smallest absolute Gasteiger partial charge is 0.411 e. The molecular formula is C16H22FNO3S. The molecule has 4 nitrogen and oxygen atoms in total. The van der Waals surface area contributed by atoms with Crippen LogP contribution in [0.15, 0.2) is 18.2 Å². The Morgan fingerprint density at radius 2 is 2.18 bits per heavy atom. The Kier molecular flexibility index (Phi) is 6.08. The molecule has 1 aliphatic heterocycles. The zero-order valence-electron chi connectivity index (χ0n) is 12.7. The van der Waals surface area contributed by atoms with Crippen molar-refractivity contribution in [3.05, 3.63) is 29.6 Å². The minimum absolute atomic E-state index is 0.303. The predicted molar refractivity (Wildman–Crippen MR) is 86.7 cm³/mol. The summed E-state index contributed by atoms with van der Waals surface area (Å²) in [7, 11) is 0. The zero-order valence-corrected chi connectivity index (χ0v) is 13.5. The number of thioether (sulfide) groups is 1. The molecule has 0 saturated carbocycles. The number of aliphatic hydroxyl groups is 1. The van der Waals surface area contributed by atoms with Gasteiger partial charge in [-0.15, -0.1) is 0 Å². The van der Waals surface area contributed by atoms with Crippen molar-refractivity contribution in [3.63, 3.8) is 0 Å². The molecule has 2 rings (SSSR count). The quantitative estimate of drug-likeness (QED) is 0.806. The number of ether oxygens (including phenoxy) is 1. The second-order valence-electron chi connectivity index (χ2n) is 5.45. The molecule has 2 N–H and O–H groups in total. The van der Waals surface area contributed by atoms with E-state index in [4.69, 9.17) is 4.74 Å². The number of carbonyl (C=O) groups excluding carboxylic acids is 1. The Morgan fingerprint density at radius 3 is 2.82 bits per heavy atom. The number of hydrogen-bond acceptors (Lipinski definition) is 4. The molecule has 0 atom stereocenters. The molecule has 1 heterocycles. The highest BCUT2D eigenvalue weighted by Crippen LogP contribution is 2.37. The first-order chi connectivity index (χ1) is 10.5. The van der Waals surface area contributed by atoms with Gasteiger partial charge in [0.1, 0.15) is 5.82 Å². The normalized spacial score (nSPS) is 17.0. The third kappa shape index (κ3) is 4.36. The lowest BCUT2D eigenvalue weighted by Crippen LogP contribution is -2.31. The van der Waals surface area contributed by atoms with Gasteiger partial charge in [0.15, 0.2) is 0 Å². The first-order valence-electron chi connectivity index (χ1n) is 7.59. The lowest BCUT2D eigenvalue weighted by atomic mass is 9.87. The average molecular weight is 327 g/mol. The Morgan fingerprint density at radius 1 is 1.45 bits per heavy atom. The van der Waals surface area contributed by atoms with E-state index >= 15 is 0 Å². The van der Waals surface area contributed by atoms with Crippen molar-refractivity contribution < 1.29 is 19.0 Å². The van der Waals surface area contributed by atoms with E-state index in [-0.39, 0.29) is 0 Å². The second kappa shape index (κ2) is 7.83. The fourth-order valence-corrected chi connectivity index (χ4v) is 3.58. The van der Waals surface area contributed by atoms with Gasteiger partial charge in [-0.3, -0.25) is 5.32 Å². The van der Waals surface area contributed by atoms with Crippen molar-refractivity contribution in [2.45, 2.75) is 38.2 Å². The zero-order chi connectivity index (χ0) is 16.0. The number of rotatable bonds is 5. The van der Waals surface area contributed by atoms with Gasteiger partial charge in [-0.05, 0) is 42.9 Å². The largest absolute Gasteiger partial charge is 0.449 e. The number of unbranched alkanes of at least 4 members (excludes halogenated alkanes) is 1. The number of anilines is 1. The van der Waals surface area contributed by atoms with Crippen molar-refractivity contribution in [1.82, 2.24) is 0 Å². The maximum atomic E-state index is 14.3. The fourth-order valence-electron chi connectivity index (χ4n) is 2.41. The summed E-state index contributed by atoms with van der Waals surface area (Å²) in [6.07, 6.45) is 2.23. The summed E-state index contributed by atoms with van der Waals surface area (Å²) in [5.74, 6) is 1.14. The lowest BCUT2D eigenvalue weighted by Gasteiger charge is -2.32. The van der Waals surface area contributed by atoms with E-state index in [0.717, 1.165) is 24.3 Å². The Balaban J connectivity index is 2.01. The van der Waals surface area contributed by atoms with Crippen LogP contribution in [0.3, 0.4) is 0 Å². The summed E-state index contributed by atoms with van der Waals surface area (Å²) in [5, 5.41) is 13.1. The van der Waals surface area contributed by atoms with Gasteiger partial charge >= 0.3 is 6.09 Å². The van der Waals surface area contributed by atoms with E-state index in [1.807, 2.05) is 6.92 Å². The first kappa shape index (κ1) is 17.1. The molecule has 0 spiro atoms. The Hall–Kier alpha value is -1.27. The van der Waals surface area contributed by atoms with Gasteiger partial charge in [-0.2, -0.15) is 11.8 Å². The maximum Gasteiger partial charge on any atom is 0.411 e. The van der Waals surface area contributed by atoms with Gasteiger partial charge in [0.05, 0.1) is 12.2 Å². The van der Waals surface area contributed by atoms with Gasteiger partial charge in [-0.1, -0.05) is 19.4 Å². The van der Waals surface area contributed by atoms with Crippen molar-refractivity contribution in [3.8, 4) is 0 Å². The molecule has 1 saturated heterocycles. The van der Waals surface area contributed by atoms with Crippen LogP contribution in [0.5, 0.6) is 0 Å². The first-order valence-corrected chi connectivity index (χ1v) is 8.74. The highest BCUT2D eigenvalue weighted by atomic mass is 32.2. The number of nitrogens with one attached hydrogen (secondary N) is 1. The fraction of sp³-hybridized carbons (Fsp3) is 0.562. The van der Waals surface area contributed by atoms with E-state index in [1.165, 1.54) is 6.07 Å². The summed E-state index contributed by atoms with van der Waals surface area (Å²) < 4.78 is 19.2. The molecule has 1 fully saturated rings. The molecule has 1 amide bonds. The molecule has 1 aromatic carbocycles. The van der Waals surface area contributed by atoms with E-state index in [9.17, 15) is 14.3 Å². The molecule has 0 aliphatic carbocycles. The predicted octanol–water partition coefficient (Wildman–Crippen LogP) is 3.89. The van der Waals surface area contributed by atoms with Crippen LogP contribution < -0.4 is 5.32 Å². The second-order valence-corrected chi connectivity index (χ2v) is 6.68.